The number of nitrogens with one attached hydrogen (secondary N) is 2. The Bertz CT molecular complexity index is 240. The van der Waals surface area contributed by atoms with E-state index >= 15 is 0 Å². The van der Waals surface area contributed by atoms with Crippen LogP contribution in [0.1, 0.15) is 6.92 Å². The molecule has 16 heavy (non-hydrogen) atoms. The molecule has 0 aliphatic carbocycles. The van der Waals surface area contributed by atoms with Crippen molar-refractivity contribution in [1.29, 1.82) is 0 Å². The van der Waals surface area contributed by atoms with Gasteiger partial charge in [0.05, 0.1) is 6.54 Å². The molecule has 2 aliphatic rings. The van der Waals surface area contributed by atoms with E-state index in [0.717, 1.165) is 45.8 Å². The Morgan fingerprint density at radius 2 is 1.88 bits per heavy atom. The molecule has 0 spiro atoms. The lowest BCUT2D eigenvalue weighted by atomic mass is 10.2. The minimum absolute atomic E-state index is 0.287. The highest BCUT2D eigenvalue weighted by Gasteiger charge is 2.23. The van der Waals surface area contributed by atoms with Crippen molar-refractivity contribution in [1.82, 2.24) is 20.4 Å². The molecule has 2 N–H and O–H groups in total. The second-order valence-corrected chi connectivity index (χ2v) is 4.65. The number of carbonyl (C=O) groups excluding carboxylic acids is 1. The SMILES string of the molecule is CC1CNCCN1CC(=O)N1CCNCC1. The van der Waals surface area contributed by atoms with Gasteiger partial charge in [0.25, 0.3) is 0 Å². The zero-order valence-corrected chi connectivity index (χ0v) is 10.0. The molecule has 1 amide bonds. The summed E-state index contributed by atoms with van der Waals surface area (Å²) in [6, 6.07) is 0.473. The van der Waals surface area contributed by atoms with Gasteiger partial charge in [0.15, 0.2) is 0 Å². The topological polar surface area (TPSA) is 47.6 Å². The second kappa shape index (κ2) is 5.61. The van der Waals surface area contributed by atoms with Crippen molar-refractivity contribution in [2.24, 2.45) is 0 Å². The third kappa shape index (κ3) is 2.93. The lowest BCUT2D eigenvalue weighted by Gasteiger charge is -2.35. The number of hydrogen-bond acceptors (Lipinski definition) is 4. The lowest BCUT2D eigenvalue weighted by molar-refractivity contribution is -0.133. The highest BCUT2D eigenvalue weighted by Crippen LogP contribution is 2.04. The lowest BCUT2D eigenvalue weighted by Crippen LogP contribution is -2.55. The fraction of sp³-hybridized carbons (Fsp3) is 0.909. The fourth-order valence-electron chi connectivity index (χ4n) is 2.31. The summed E-state index contributed by atoms with van der Waals surface area (Å²) in [4.78, 5) is 16.3. The molecule has 0 bridgehead atoms. The molecular weight excluding hydrogens is 204 g/mol. The highest BCUT2D eigenvalue weighted by atomic mass is 16.2. The van der Waals surface area contributed by atoms with E-state index in [1.165, 1.54) is 0 Å². The van der Waals surface area contributed by atoms with E-state index in [1.807, 2.05) is 4.90 Å². The fourth-order valence-corrected chi connectivity index (χ4v) is 2.31. The molecule has 2 saturated heterocycles. The minimum atomic E-state index is 0.287. The zero-order valence-electron chi connectivity index (χ0n) is 10.0. The summed E-state index contributed by atoms with van der Waals surface area (Å²) in [7, 11) is 0. The Labute approximate surface area is 97.2 Å². The summed E-state index contributed by atoms with van der Waals surface area (Å²) in [5.74, 6) is 0.287. The molecule has 0 aromatic carbocycles. The minimum Gasteiger partial charge on any atom is -0.339 e. The predicted octanol–water partition coefficient (Wildman–Crippen LogP) is -1.29. The Morgan fingerprint density at radius 1 is 1.19 bits per heavy atom. The Morgan fingerprint density at radius 3 is 2.56 bits per heavy atom. The first-order valence-corrected chi connectivity index (χ1v) is 6.20. The molecule has 2 aliphatic heterocycles. The molecular formula is C11H22N4O. The summed E-state index contributed by atoms with van der Waals surface area (Å²) in [5.41, 5.74) is 0. The first-order chi connectivity index (χ1) is 7.77. The van der Waals surface area contributed by atoms with E-state index in [9.17, 15) is 4.79 Å². The molecule has 92 valence electrons. The van der Waals surface area contributed by atoms with Crippen LogP contribution in [0, 0.1) is 0 Å². The third-order valence-electron chi connectivity index (χ3n) is 3.45. The van der Waals surface area contributed by atoms with Crippen molar-refractivity contribution in [2.75, 3.05) is 52.4 Å². The van der Waals surface area contributed by atoms with Gasteiger partial charge in [-0.2, -0.15) is 0 Å². The number of nitrogens with zero attached hydrogens (tertiary/aromatic N) is 2. The van der Waals surface area contributed by atoms with Crippen molar-refractivity contribution in [3.05, 3.63) is 0 Å². The normalized spacial score (nSPS) is 28.1. The van der Waals surface area contributed by atoms with Gasteiger partial charge < -0.3 is 15.5 Å². The van der Waals surface area contributed by atoms with Crippen molar-refractivity contribution >= 4 is 5.91 Å². The van der Waals surface area contributed by atoms with Gasteiger partial charge in [-0.15, -0.1) is 0 Å². The summed E-state index contributed by atoms with van der Waals surface area (Å²) < 4.78 is 0. The third-order valence-corrected chi connectivity index (χ3v) is 3.45. The monoisotopic (exact) mass is 226 g/mol. The van der Waals surface area contributed by atoms with E-state index in [1.54, 1.807) is 0 Å². The predicted molar refractivity (Wildman–Crippen MR) is 63.4 cm³/mol. The first-order valence-electron chi connectivity index (χ1n) is 6.20. The van der Waals surface area contributed by atoms with Crippen molar-refractivity contribution < 1.29 is 4.79 Å². The quantitative estimate of drug-likeness (QED) is 0.615. The largest absolute Gasteiger partial charge is 0.339 e. The van der Waals surface area contributed by atoms with Gasteiger partial charge in [-0.25, -0.2) is 0 Å². The van der Waals surface area contributed by atoms with Gasteiger partial charge in [-0.05, 0) is 6.92 Å². The summed E-state index contributed by atoms with van der Waals surface area (Å²) >= 11 is 0. The Kier molecular flexibility index (Phi) is 4.15. The van der Waals surface area contributed by atoms with Gasteiger partial charge in [0, 0.05) is 51.9 Å². The van der Waals surface area contributed by atoms with Crippen LogP contribution in [0.15, 0.2) is 0 Å². The Balaban J connectivity index is 1.80. The van der Waals surface area contributed by atoms with Crippen molar-refractivity contribution in [3.63, 3.8) is 0 Å². The van der Waals surface area contributed by atoms with Gasteiger partial charge in [0.1, 0.15) is 0 Å². The van der Waals surface area contributed by atoms with E-state index in [4.69, 9.17) is 0 Å². The standard InChI is InChI=1S/C11H22N4O/c1-10-8-13-4-7-15(10)9-11(16)14-5-2-12-3-6-14/h10,12-13H,2-9H2,1H3. The number of piperazine rings is 2. The zero-order chi connectivity index (χ0) is 11.4. The van der Waals surface area contributed by atoms with Crippen molar-refractivity contribution in [2.45, 2.75) is 13.0 Å². The second-order valence-electron chi connectivity index (χ2n) is 4.65. The molecule has 0 aromatic heterocycles. The maximum Gasteiger partial charge on any atom is 0.236 e. The molecule has 2 fully saturated rings. The number of carbonyl (C=O) groups is 1. The van der Waals surface area contributed by atoms with E-state index in [0.29, 0.717) is 12.6 Å². The van der Waals surface area contributed by atoms with Crippen LogP contribution in [0.5, 0.6) is 0 Å². The van der Waals surface area contributed by atoms with Gasteiger partial charge in [-0.1, -0.05) is 0 Å². The van der Waals surface area contributed by atoms with Crippen LogP contribution in [0.4, 0.5) is 0 Å². The van der Waals surface area contributed by atoms with E-state index in [2.05, 4.69) is 22.5 Å². The average Bonchev–Trinajstić information content (AvgIpc) is 2.33. The molecule has 0 aromatic rings. The van der Waals surface area contributed by atoms with Gasteiger partial charge in [0.2, 0.25) is 5.91 Å². The number of hydrogen-bond donors (Lipinski definition) is 2. The molecule has 1 atom stereocenters. The van der Waals surface area contributed by atoms with Crippen LogP contribution in [-0.2, 0) is 4.79 Å². The molecule has 1 unspecified atom stereocenters. The summed E-state index contributed by atoms with van der Waals surface area (Å²) in [5, 5.41) is 6.61. The summed E-state index contributed by atoms with van der Waals surface area (Å²) in [6.07, 6.45) is 0. The molecule has 0 saturated carbocycles. The number of amides is 1. The van der Waals surface area contributed by atoms with Crippen LogP contribution in [0.2, 0.25) is 0 Å². The van der Waals surface area contributed by atoms with Gasteiger partial charge in [-0.3, -0.25) is 9.69 Å². The van der Waals surface area contributed by atoms with Crippen LogP contribution in [0.3, 0.4) is 0 Å². The smallest absolute Gasteiger partial charge is 0.236 e. The molecule has 2 rings (SSSR count). The molecule has 0 radical (unpaired) electrons. The van der Waals surface area contributed by atoms with Crippen molar-refractivity contribution in [3.8, 4) is 0 Å². The molecule has 5 nitrogen and oxygen atoms in total. The first kappa shape index (κ1) is 11.8. The average molecular weight is 226 g/mol. The highest BCUT2D eigenvalue weighted by molar-refractivity contribution is 5.78. The van der Waals surface area contributed by atoms with Crippen LogP contribution in [0.25, 0.3) is 0 Å². The van der Waals surface area contributed by atoms with E-state index in [-0.39, 0.29) is 5.91 Å². The summed E-state index contributed by atoms with van der Waals surface area (Å²) in [6.45, 7) is 9.33. The Hall–Kier alpha value is -0.650. The number of rotatable bonds is 2. The molecule has 2 heterocycles. The molecule has 5 heteroatoms. The van der Waals surface area contributed by atoms with Crippen LogP contribution >= 0.6 is 0 Å². The van der Waals surface area contributed by atoms with Crippen LogP contribution in [-0.4, -0.2) is 74.1 Å². The maximum atomic E-state index is 12.0. The van der Waals surface area contributed by atoms with Gasteiger partial charge >= 0.3 is 0 Å². The maximum absolute atomic E-state index is 12.0. The van der Waals surface area contributed by atoms with Crippen LogP contribution < -0.4 is 10.6 Å². The van der Waals surface area contributed by atoms with E-state index < -0.39 is 0 Å².